The zero-order chi connectivity index (χ0) is 20.5. The van der Waals surface area contributed by atoms with E-state index in [0.29, 0.717) is 30.4 Å². The summed E-state index contributed by atoms with van der Waals surface area (Å²) in [6.07, 6.45) is 3.72. The van der Waals surface area contributed by atoms with Gasteiger partial charge in [-0.15, -0.1) is 0 Å². The summed E-state index contributed by atoms with van der Waals surface area (Å²) in [5.41, 5.74) is 2.76. The Bertz CT molecular complexity index is 804. The molecule has 1 aliphatic rings. The van der Waals surface area contributed by atoms with E-state index in [1.165, 1.54) is 19.3 Å². The summed E-state index contributed by atoms with van der Waals surface area (Å²) in [6, 6.07) is 13.6. The minimum absolute atomic E-state index is 0.131. The summed E-state index contributed by atoms with van der Waals surface area (Å²) in [5, 5.41) is 6.24. The molecule has 2 aromatic carbocycles. The Hall–Kier alpha value is -2.89. The zero-order valence-electron chi connectivity index (χ0n) is 17.4. The third-order valence-electron chi connectivity index (χ3n) is 4.88. The minimum atomic E-state index is -0.131. The first kappa shape index (κ1) is 20.8. The van der Waals surface area contributed by atoms with Gasteiger partial charge < -0.3 is 25.0 Å². The molecule has 1 amide bonds. The van der Waals surface area contributed by atoms with Crippen molar-refractivity contribution in [3.63, 3.8) is 0 Å². The number of carbonyl (C=O) groups is 1. The molecule has 6 heteroatoms. The van der Waals surface area contributed by atoms with Crippen molar-refractivity contribution in [2.24, 2.45) is 0 Å². The molecule has 29 heavy (non-hydrogen) atoms. The molecule has 0 aliphatic carbocycles. The van der Waals surface area contributed by atoms with E-state index >= 15 is 0 Å². The molecular weight excluding hydrogens is 366 g/mol. The van der Waals surface area contributed by atoms with Gasteiger partial charge >= 0.3 is 0 Å². The fourth-order valence-corrected chi connectivity index (χ4v) is 3.55. The van der Waals surface area contributed by atoms with Crippen molar-refractivity contribution < 1.29 is 14.3 Å². The molecule has 0 radical (unpaired) electrons. The summed E-state index contributed by atoms with van der Waals surface area (Å²) in [5.74, 6) is 1.21. The van der Waals surface area contributed by atoms with Gasteiger partial charge in [-0.25, -0.2) is 0 Å². The number of para-hydroxylation sites is 2. The molecule has 0 spiro atoms. The lowest BCUT2D eigenvalue weighted by Gasteiger charge is -2.30. The fraction of sp³-hybridized carbons (Fsp3) is 0.435. The molecule has 1 heterocycles. The highest BCUT2D eigenvalue weighted by atomic mass is 16.5. The maximum Gasteiger partial charge on any atom is 0.243 e. The number of rotatable bonds is 9. The standard InChI is InChI=1S/C23H31N3O3/c1-3-28-18-12-13-22(29-4-2)20(16-18)25-23(27)17-24-19-10-6-7-11-21(19)26-14-8-5-9-15-26/h6-7,10-13,16,24H,3-5,8-9,14-15,17H2,1-2H3,(H,25,27). The summed E-state index contributed by atoms with van der Waals surface area (Å²) < 4.78 is 11.2. The summed E-state index contributed by atoms with van der Waals surface area (Å²) in [7, 11) is 0. The molecule has 2 aromatic rings. The molecule has 0 bridgehead atoms. The van der Waals surface area contributed by atoms with Crippen molar-refractivity contribution in [2.75, 3.05) is 48.4 Å². The van der Waals surface area contributed by atoms with Crippen LogP contribution in [0.3, 0.4) is 0 Å². The van der Waals surface area contributed by atoms with Crippen LogP contribution in [-0.2, 0) is 4.79 Å². The SMILES string of the molecule is CCOc1ccc(OCC)c(NC(=O)CNc2ccccc2N2CCCCC2)c1. The van der Waals surface area contributed by atoms with Crippen LogP contribution in [0.4, 0.5) is 17.1 Å². The normalized spacial score (nSPS) is 13.7. The van der Waals surface area contributed by atoms with E-state index in [4.69, 9.17) is 9.47 Å². The van der Waals surface area contributed by atoms with Gasteiger partial charge in [0.2, 0.25) is 5.91 Å². The first-order valence-electron chi connectivity index (χ1n) is 10.5. The smallest absolute Gasteiger partial charge is 0.243 e. The Morgan fingerprint density at radius 3 is 2.48 bits per heavy atom. The number of amides is 1. The molecule has 156 valence electrons. The molecule has 1 fully saturated rings. The molecule has 2 N–H and O–H groups in total. The van der Waals surface area contributed by atoms with Crippen LogP contribution in [0.25, 0.3) is 0 Å². The third-order valence-corrected chi connectivity index (χ3v) is 4.88. The monoisotopic (exact) mass is 397 g/mol. The van der Waals surface area contributed by atoms with Crippen molar-refractivity contribution in [1.82, 2.24) is 0 Å². The first-order chi connectivity index (χ1) is 14.2. The first-order valence-corrected chi connectivity index (χ1v) is 10.5. The Kier molecular flexibility index (Phi) is 7.61. The Balaban J connectivity index is 1.65. The predicted molar refractivity (Wildman–Crippen MR) is 118 cm³/mol. The fourth-order valence-electron chi connectivity index (χ4n) is 3.55. The van der Waals surface area contributed by atoms with Crippen LogP contribution in [0.2, 0.25) is 0 Å². The van der Waals surface area contributed by atoms with Crippen LogP contribution >= 0.6 is 0 Å². The molecule has 3 rings (SSSR count). The maximum atomic E-state index is 12.6. The lowest BCUT2D eigenvalue weighted by molar-refractivity contribution is -0.114. The minimum Gasteiger partial charge on any atom is -0.494 e. The van der Waals surface area contributed by atoms with Gasteiger partial charge in [0, 0.05) is 19.2 Å². The molecule has 0 atom stereocenters. The van der Waals surface area contributed by atoms with Crippen molar-refractivity contribution >= 4 is 23.0 Å². The number of anilines is 3. The van der Waals surface area contributed by atoms with Gasteiger partial charge in [0.15, 0.2) is 0 Å². The number of hydrogen-bond donors (Lipinski definition) is 2. The second-order valence-electron chi connectivity index (χ2n) is 6.99. The quantitative estimate of drug-likeness (QED) is 0.651. The van der Waals surface area contributed by atoms with Crippen LogP contribution in [0.1, 0.15) is 33.1 Å². The number of ether oxygens (including phenoxy) is 2. The second kappa shape index (κ2) is 10.6. The number of carbonyl (C=O) groups excluding carboxylic acids is 1. The largest absolute Gasteiger partial charge is 0.494 e. The maximum absolute atomic E-state index is 12.6. The van der Waals surface area contributed by atoms with Crippen molar-refractivity contribution in [1.29, 1.82) is 0 Å². The van der Waals surface area contributed by atoms with Crippen LogP contribution < -0.4 is 25.0 Å². The van der Waals surface area contributed by atoms with Gasteiger partial charge in [-0.05, 0) is 57.4 Å². The molecule has 1 saturated heterocycles. The van der Waals surface area contributed by atoms with Gasteiger partial charge in [-0.2, -0.15) is 0 Å². The highest BCUT2D eigenvalue weighted by molar-refractivity contribution is 5.95. The second-order valence-corrected chi connectivity index (χ2v) is 6.99. The van der Waals surface area contributed by atoms with E-state index in [2.05, 4.69) is 21.6 Å². The average Bonchev–Trinajstić information content (AvgIpc) is 2.75. The van der Waals surface area contributed by atoms with E-state index in [9.17, 15) is 4.79 Å². The van der Waals surface area contributed by atoms with Gasteiger partial charge in [-0.3, -0.25) is 4.79 Å². The number of piperidine rings is 1. The van der Waals surface area contributed by atoms with Crippen molar-refractivity contribution in [3.05, 3.63) is 42.5 Å². The van der Waals surface area contributed by atoms with Gasteiger partial charge in [0.1, 0.15) is 11.5 Å². The van der Waals surface area contributed by atoms with E-state index in [-0.39, 0.29) is 12.5 Å². The summed E-state index contributed by atoms with van der Waals surface area (Å²) in [4.78, 5) is 15.0. The molecule has 0 unspecified atom stereocenters. The highest BCUT2D eigenvalue weighted by Gasteiger charge is 2.15. The van der Waals surface area contributed by atoms with Crippen molar-refractivity contribution in [2.45, 2.75) is 33.1 Å². The topological polar surface area (TPSA) is 62.8 Å². The average molecular weight is 398 g/mol. The molecule has 0 aromatic heterocycles. The van der Waals surface area contributed by atoms with Crippen LogP contribution in [0, 0.1) is 0 Å². The van der Waals surface area contributed by atoms with E-state index in [1.807, 2.05) is 44.2 Å². The summed E-state index contributed by atoms with van der Waals surface area (Å²) >= 11 is 0. The Morgan fingerprint density at radius 1 is 0.966 bits per heavy atom. The molecular formula is C23H31N3O3. The number of benzene rings is 2. The van der Waals surface area contributed by atoms with E-state index < -0.39 is 0 Å². The van der Waals surface area contributed by atoms with Crippen molar-refractivity contribution in [3.8, 4) is 11.5 Å². The highest BCUT2D eigenvalue weighted by Crippen LogP contribution is 2.30. The molecule has 0 saturated carbocycles. The number of nitrogens with zero attached hydrogens (tertiary/aromatic N) is 1. The van der Waals surface area contributed by atoms with Crippen LogP contribution in [-0.4, -0.2) is 38.8 Å². The van der Waals surface area contributed by atoms with E-state index in [1.54, 1.807) is 6.07 Å². The molecule has 1 aliphatic heterocycles. The Labute approximate surface area is 173 Å². The summed E-state index contributed by atoms with van der Waals surface area (Å²) in [6.45, 7) is 7.24. The van der Waals surface area contributed by atoms with Gasteiger partial charge in [0.25, 0.3) is 0 Å². The zero-order valence-corrected chi connectivity index (χ0v) is 17.4. The van der Waals surface area contributed by atoms with Crippen LogP contribution in [0.5, 0.6) is 11.5 Å². The predicted octanol–water partition coefficient (Wildman–Crippen LogP) is 4.52. The molecule has 6 nitrogen and oxygen atoms in total. The Morgan fingerprint density at radius 2 is 1.72 bits per heavy atom. The lowest BCUT2D eigenvalue weighted by atomic mass is 10.1. The van der Waals surface area contributed by atoms with Gasteiger partial charge in [0.05, 0.1) is 36.8 Å². The number of nitrogens with one attached hydrogen (secondary N) is 2. The lowest BCUT2D eigenvalue weighted by Crippen LogP contribution is -2.30. The van der Waals surface area contributed by atoms with Crippen LogP contribution in [0.15, 0.2) is 42.5 Å². The number of hydrogen-bond acceptors (Lipinski definition) is 5. The van der Waals surface area contributed by atoms with E-state index in [0.717, 1.165) is 24.5 Å². The van der Waals surface area contributed by atoms with Gasteiger partial charge in [-0.1, -0.05) is 12.1 Å². The third kappa shape index (κ3) is 5.79.